The second-order valence-corrected chi connectivity index (χ2v) is 3.98. The van der Waals surface area contributed by atoms with Gasteiger partial charge in [0.1, 0.15) is 13.2 Å². The molecule has 0 aromatic heterocycles. The molecule has 1 aliphatic rings. The highest BCUT2D eigenvalue weighted by Crippen LogP contribution is 2.38. The summed E-state index contributed by atoms with van der Waals surface area (Å²) < 4.78 is 11.9. The minimum atomic E-state index is 0.598. The van der Waals surface area contributed by atoms with Crippen LogP contribution in [0.15, 0.2) is 16.6 Å². The Kier molecular flexibility index (Phi) is 3.45. The third-order valence-corrected chi connectivity index (χ3v) is 2.67. The molecule has 0 bridgehead atoms. The normalized spacial score (nSPS) is 14.0. The zero-order valence-electron chi connectivity index (χ0n) is 8.38. The maximum atomic E-state index is 5.50. The molecule has 0 unspecified atom stereocenters. The van der Waals surface area contributed by atoms with E-state index in [-0.39, 0.29) is 0 Å². The Morgan fingerprint density at radius 1 is 1.40 bits per heavy atom. The standard InChI is InChI=1S/C10H12BrNO3/c1-13-12-6-7-4-8(11)10-9(5-7)14-2-3-15-10/h4-5,12H,2-3,6H2,1H3. The van der Waals surface area contributed by atoms with Crippen molar-refractivity contribution < 1.29 is 14.3 Å². The highest BCUT2D eigenvalue weighted by molar-refractivity contribution is 9.10. The van der Waals surface area contributed by atoms with Gasteiger partial charge in [-0.3, -0.25) is 0 Å². The number of halogens is 1. The van der Waals surface area contributed by atoms with Crippen LogP contribution in [-0.4, -0.2) is 20.3 Å². The number of ether oxygens (including phenoxy) is 2. The maximum absolute atomic E-state index is 5.50. The lowest BCUT2D eigenvalue weighted by atomic mass is 10.2. The van der Waals surface area contributed by atoms with Gasteiger partial charge in [0.2, 0.25) is 0 Å². The molecule has 1 aromatic carbocycles. The molecule has 1 heterocycles. The number of nitrogens with one attached hydrogen (secondary N) is 1. The van der Waals surface area contributed by atoms with E-state index in [9.17, 15) is 0 Å². The molecule has 0 radical (unpaired) electrons. The smallest absolute Gasteiger partial charge is 0.175 e. The molecule has 0 saturated heterocycles. The predicted molar refractivity (Wildman–Crippen MR) is 59.0 cm³/mol. The summed E-state index contributed by atoms with van der Waals surface area (Å²) in [6.07, 6.45) is 0. The lowest BCUT2D eigenvalue weighted by Crippen LogP contribution is -2.17. The van der Waals surface area contributed by atoms with Crippen LogP contribution in [0.2, 0.25) is 0 Å². The molecule has 0 spiro atoms. The Hall–Kier alpha value is -0.780. The summed E-state index contributed by atoms with van der Waals surface area (Å²) in [5, 5.41) is 0. The Morgan fingerprint density at radius 3 is 3.00 bits per heavy atom. The molecule has 15 heavy (non-hydrogen) atoms. The highest BCUT2D eigenvalue weighted by Gasteiger charge is 2.15. The fraction of sp³-hybridized carbons (Fsp3) is 0.400. The van der Waals surface area contributed by atoms with Crippen LogP contribution in [0, 0.1) is 0 Å². The van der Waals surface area contributed by atoms with E-state index >= 15 is 0 Å². The van der Waals surface area contributed by atoms with E-state index < -0.39 is 0 Å². The number of benzene rings is 1. The van der Waals surface area contributed by atoms with Crippen LogP contribution in [0.3, 0.4) is 0 Å². The zero-order valence-corrected chi connectivity index (χ0v) is 9.96. The van der Waals surface area contributed by atoms with Crippen molar-refractivity contribution in [1.29, 1.82) is 0 Å². The van der Waals surface area contributed by atoms with Crippen LogP contribution in [0.25, 0.3) is 0 Å². The molecule has 0 fully saturated rings. The number of hydroxylamine groups is 1. The van der Waals surface area contributed by atoms with Crippen LogP contribution in [-0.2, 0) is 11.4 Å². The summed E-state index contributed by atoms with van der Waals surface area (Å²) in [7, 11) is 1.59. The van der Waals surface area contributed by atoms with Crippen molar-refractivity contribution in [2.75, 3.05) is 20.3 Å². The minimum absolute atomic E-state index is 0.598. The zero-order chi connectivity index (χ0) is 10.7. The van der Waals surface area contributed by atoms with Gasteiger partial charge < -0.3 is 14.3 Å². The van der Waals surface area contributed by atoms with E-state index in [1.165, 1.54) is 0 Å². The summed E-state index contributed by atoms with van der Waals surface area (Å²) in [5.41, 5.74) is 3.86. The Labute approximate surface area is 96.6 Å². The van der Waals surface area contributed by atoms with Gasteiger partial charge in [-0.2, -0.15) is 5.48 Å². The SMILES string of the molecule is CONCc1cc(Br)c2c(c1)OCCO2. The van der Waals surface area contributed by atoms with Gasteiger partial charge in [0.25, 0.3) is 0 Å². The largest absolute Gasteiger partial charge is 0.486 e. The first kappa shape index (κ1) is 10.7. The third kappa shape index (κ3) is 2.42. The Bertz CT molecular complexity index is 357. The summed E-state index contributed by atoms with van der Waals surface area (Å²) >= 11 is 3.45. The highest BCUT2D eigenvalue weighted by atomic mass is 79.9. The first-order valence-electron chi connectivity index (χ1n) is 4.65. The van der Waals surface area contributed by atoms with Crippen molar-refractivity contribution in [3.8, 4) is 11.5 Å². The summed E-state index contributed by atoms with van der Waals surface area (Å²) in [6, 6.07) is 3.94. The molecule has 0 amide bonds. The average molecular weight is 274 g/mol. The van der Waals surface area contributed by atoms with Gasteiger partial charge >= 0.3 is 0 Å². The second kappa shape index (κ2) is 4.83. The quantitative estimate of drug-likeness (QED) is 0.854. The van der Waals surface area contributed by atoms with Gasteiger partial charge in [0.05, 0.1) is 11.6 Å². The van der Waals surface area contributed by atoms with E-state index in [1.54, 1.807) is 7.11 Å². The monoisotopic (exact) mass is 273 g/mol. The first-order valence-corrected chi connectivity index (χ1v) is 5.44. The molecular weight excluding hydrogens is 262 g/mol. The maximum Gasteiger partial charge on any atom is 0.175 e. The van der Waals surface area contributed by atoms with E-state index in [0.717, 1.165) is 21.5 Å². The number of hydrogen-bond donors (Lipinski definition) is 1. The molecule has 1 aromatic rings. The Balaban J connectivity index is 2.24. The molecule has 2 rings (SSSR count). The van der Waals surface area contributed by atoms with Crippen molar-refractivity contribution in [1.82, 2.24) is 5.48 Å². The van der Waals surface area contributed by atoms with Crippen LogP contribution in [0.1, 0.15) is 5.56 Å². The minimum Gasteiger partial charge on any atom is -0.486 e. The number of hydrogen-bond acceptors (Lipinski definition) is 4. The topological polar surface area (TPSA) is 39.7 Å². The summed E-state index contributed by atoms with van der Waals surface area (Å²) in [4.78, 5) is 4.79. The molecule has 1 N–H and O–H groups in total. The fourth-order valence-electron chi connectivity index (χ4n) is 1.42. The van der Waals surface area contributed by atoms with E-state index in [1.807, 2.05) is 12.1 Å². The van der Waals surface area contributed by atoms with Gasteiger partial charge in [0.15, 0.2) is 11.5 Å². The van der Waals surface area contributed by atoms with Crippen molar-refractivity contribution in [3.63, 3.8) is 0 Å². The molecule has 4 nitrogen and oxygen atoms in total. The van der Waals surface area contributed by atoms with Gasteiger partial charge in [-0.25, -0.2) is 0 Å². The number of fused-ring (bicyclic) bond motifs is 1. The summed E-state index contributed by atoms with van der Waals surface area (Å²) in [6.45, 7) is 1.83. The van der Waals surface area contributed by atoms with Crippen molar-refractivity contribution in [3.05, 3.63) is 22.2 Å². The Morgan fingerprint density at radius 2 is 2.20 bits per heavy atom. The van der Waals surface area contributed by atoms with Gasteiger partial charge in [-0.1, -0.05) is 0 Å². The van der Waals surface area contributed by atoms with Crippen molar-refractivity contribution in [2.45, 2.75) is 6.54 Å². The van der Waals surface area contributed by atoms with Gasteiger partial charge in [-0.05, 0) is 33.6 Å². The van der Waals surface area contributed by atoms with Crippen molar-refractivity contribution in [2.24, 2.45) is 0 Å². The van der Waals surface area contributed by atoms with Crippen LogP contribution >= 0.6 is 15.9 Å². The van der Waals surface area contributed by atoms with Crippen LogP contribution < -0.4 is 15.0 Å². The number of rotatable bonds is 3. The molecule has 1 aliphatic heterocycles. The van der Waals surface area contributed by atoms with Crippen LogP contribution in [0.5, 0.6) is 11.5 Å². The molecule has 0 saturated carbocycles. The third-order valence-electron chi connectivity index (χ3n) is 2.08. The average Bonchev–Trinajstić information content (AvgIpc) is 2.26. The summed E-state index contributed by atoms with van der Waals surface area (Å²) in [5.74, 6) is 1.56. The molecule has 82 valence electrons. The van der Waals surface area contributed by atoms with E-state index in [2.05, 4.69) is 21.4 Å². The van der Waals surface area contributed by atoms with Gasteiger partial charge in [0, 0.05) is 6.54 Å². The van der Waals surface area contributed by atoms with Gasteiger partial charge in [-0.15, -0.1) is 0 Å². The lowest BCUT2D eigenvalue weighted by molar-refractivity contribution is 0.0865. The first-order chi connectivity index (χ1) is 7.31. The molecular formula is C10H12BrNO3. The second-order valence-electron chi connectivity index (χ2n) is 3.13. The lowest BCUT2D eigenvalue weighted by Gasteiger charge is -2.20. The molecule has 5 heteroatoms. The van der Waals surface area contributed by atoms with E-state index in [4.69, 9.17) is 14.3 Å². The van der Waals surface area contributed by atoms with Crippen molar-refractivity contribution >= 4 is 15.9 Å². The van der Waals surface area contributed by atoms with Crippen LogP contribution in [0.4, 0.5) is 0 Å². The fourth-order valence-corrected chi connectivity index (χ4v) is 2.03. The predicted octanol–water partition coefficient (Wildman–Crippen LogP) is 1.87. The molecule has 0 aliphatic carbocycles. The van der Waals surface area contributed by atoms with E-state index in [0.29, 0.717) is 19.8 Å². The molecule has 0 atom stereocenters.